The van der Waals surface area contributed by atoms with E-state index in [0.29, 0.717) is 0 Å². The monoisotopic (exact) mass is 178 g/mol. The topological polar surface area (TPSA) is 25.8 Å². The van der Waals surface area contributed by atoms with E-state index in [9.17, 15) is 0 Å². The lowest BCUT2D eigenvalue weighted by Gasteiger charge is -1.72. The van der Waals surface area contributed by atoms with E-state index in [0.717, 1.165) is 10.3 Å². The van der Waals surface area contributed by atoms with Crippen molar-refractivity contribution in [3.05, 3.63) is 10.5 Å². The summed E-state index contributed by atoms with van der Waals surface area (Å²) in [6.45, 7) is 0. The van der Waals surface area contributed by atoms with Gasteiger partial charge in [-0.1, -0.05) is 15.9 Å². The molecule has 0 aliphatic carbocycles. The van der Waals surface area contributed by atoms with Crippen LogP contribution in [0.2, 0.25) is 0 Å². The molecule has 1 rings (SSSR count). The molecule has 1 aromatic heterocycles. The molecule has 0 unspecified atom stereocenters. The highest BCUT2D eigenvalue weighted by atomic mass is 79.9. The third kappa shape index (κ3) is 1.21. The summed E-state index contributed by atoms with van der Waals surface area (Å²) in [4.78, 5) is 0. The fraction of sp³-hybridized carbons (Fsp3) is 0.333. The molecule has 0 saturated heterocycles. The molecule has 1 aromatic rings. The summed E-state index contributed by atoms with van der Waals surface area (Å²) in [5.74, 6) is 0. The van der Waals surface area contributed by atoms with Crippen molar-refractivity contribution in [3.63, 3.8) is 0 Å². The molecule has 0 spiro atoms. The molecular weight excluding hydrogens is 176 g/mol. The SMILES string of the molecule is BrCc1nncs1. The number of halogens is 1. The number of rotatable bonds is 1. The van der Waals surface area contributed by atoms with Crippen LogP contribution in [0.4, 0.5) is 0 Å². The zero-order valence-corrected chi connectivity index (χ0v) is 5.87. The predicted octanol–water partition coefficient (Wildman–Crippen LogP) is 1.43. The molecule has 0 N–H and O–H groups in total. The Morgan fingerprint density at radius 1 is 1.86 bits per heavy atom. The molecule has 4 heteroatoms. The molecule has 0 amide bonds. The zero-order valence-electron chi connectivity index (χ0n) is 3.47. The first-order valence-corrected chi connectivity index (χ1v) is 3.74. The molecule has 0 radical (unpaired) electrons. The van der Waals surface area contributed by atoms with Crippen molar-refractivity contribution in [3.8, 4) is 0 Å². The van der Waals surface area contributed by atoms with Gasteiger partial charge in [-0.3, -0.25) is 0 Å². The Morgan fingerprint density at radius 3 is 3.00 bits per heavy atom. The van der Waals surface area contributed by atoms with E-state index < -0.39 is 0 Å². The fourth-order valence-electron chi connectivity index (χ4n) is 0.254. The first-order chi connectivity index (χ1) is 3.43. The summed E-state index contributed by atoms with van der Waals surface area (Å²) in [6.07, 6.45) is 0. The maximum atomic E-state index is 3.76. The lowest BCUT2D eigenvalue weighted by atomic mass is 10.9. The van der Waals surface area contributed by atoms with Crippen molar-refractivity contribution < 1.29 is 0 Å². The first kappa shape index (κ1) is 5.18. The Bertz CT molecular complexity index is 127. The molecule has 0 saturated carbocycles. The molecule has 2 nitrogen and oxygen atoms in total. The molecule has 0 aliphatic rings. The van der Waals surface area contributed by atoms with Gasteiger partial charge in [0.2, 0.25) is 0 Å². The van der Waals surface area contributed by atoms with Gasteiger partial charge in [-0.05, 0) is 0 Å². The highest BCUT2D eigenvalue weighted by Crippen LogP contribution is 2.04. The lowest BCUT2D eigenvalue weighted by molar-refractivity contribution is 1.04. The number of aromatic nitrogens is 2. The second kappa shape index (κ2) is 2.37. The molecule has 0 bridgehead atoms. The van der Waals surface area contributed by atoms with Gasteiger partial charge in [-0.15, -0.1) is 21.5 Å². The molecular formula is C3H3BrN2S. The van der Waals surface area contributed by atoms with Gasteiger partial charge in [-0.2, -0.15) is 0 Å². The second-order valence-electron chi connectivity index (χ2n) is 0.966. The Hall–Kier alpha value is 0.0400. The summed E-state index contributed by atoms with van der Waals surface area (Å²) in [7, 11) is 0. The van der Waals surface area contributed by atoms with Gasteiger partial charge in [0.1, 0.15) is 10.5 Å². The highest BCUT2D eigenvalue weighted by molar-refractivity contribution is 9.08. The van der Waals surface area contributed by atoms with Crippen molar-refractivity contribution >= 4 is 27.3 Å². The standard InChI is InChI=1S/C3H3BrN2S/c4-1-3-6-5-2-7-3/h2H,1H2. The highest BCUT2D eigenvalue weighted by Gasteiger charge is 1.87. The van der Waals surface area contributed by atoms with Crippen LogP contribution in [-0.2, 0) is 5.33 Å². The minimum Gasteiger partial charge on any atom is -0.147 e. The summed E-state index contributed by atoms with van der Waals surface area (Å²) in [6, 6.07) is 0. The van der Waals surface area contributed by atoms with Crippen molar-refractivity contribution in [2.45, 2.75) is 5.33 Å². The van der Waals surface area contributed by atoms with E-state index in [-0.39, 0.29) is 0 Å². The summed E-state index contributed by atoms with van der Waals surface area (Å²) < 4.78 is 0. The quantitative estimate of drug-likeness (QED) is 0.609. The van der Waals surface area contributed by atoms with Crippen LogP contribution in [0.1, 0.15) is 5.01 Å². The van der Waals surface area contributed by atoms with Crippen LogP contribution in [0.5, 0.6) is 0 Å². The largest absolute Gasteiger partial charge is 0.147 e. The minimum absolute atomic E-state index is 0.817. The number of alkyl halides is 1. The third-order valence-electron chi connectivity index (χ3n) is 0.519. The maximum Gasteiger partial charge on any atom is 0.127 e. The summed E-state index contributed by atoms with van der Waals surface area (Å²) in [5, 5.41) is 9.23. The van der Waals surface area contributed by atoms with E-state index >= 15 is 0 Å². The third-order valence-corrected chi connectivity index (χ3v) is 2.12. The van der Waals surface area contributed by atoms with Crippen LogP contribution in [0.3, 0.4) is 0 Å². The smallest absolute Gasteiger partial charge is 0.127 e. The van der Waals surface area contributed by atoms with Crippen LogP contribution in [0.25, 0.3) is 0 Å². The van der Waals surface area contributed by atoms with Gasteiger partial charge in [0.15, 0.2) is 0 Å². The number of nitrogens with zero attached hydrogens (tertiary/aromatic N) is 2. The van der Waals surface area contributed by atoms with Crippen molar-refractivity contribution in [1.29, 1.82) is 0 Å². The average molecular weight is 179 g/mol. The molecule has 38 valence electrons. The van der Waals surface area contributed by atoms with E-state index in [1.54, 1.807) is 16.8 Å². The molecule has 0 aromatic carbocycles. The van der Waals surface area contributed by atoms with Crippen molar-refractivity contribution in [2.75, 3.05) is 0 Å². The normalized spacial score (nSPS) is 9.29. The Labute approximate surface area is 53.7 Å². The van der Waals surface area contributed by atoms with Gasteiger partial charge >= 0.3 is 0 Å². The van der Waals surface area contributed by atoms with Gasteiger partial charge < -0.3 is 0 Å². The molecule has 0 atom stereocenters. The Kier molecular flexibility index (Phi) is 1.76. The van der Waals surface area contributed by atoms with Crippen LogP contribution >= 0.6 is 27.3 Å². The molecule has 0 aliphatic heterocycles. The van der Waals surface area contributed by atoms with E-state index in [1.807, 2.05) is 0 Å². The van der Waals surface area contributed by atoms with Crippen LogP contribution in [0, 0.1) is 0 Å². The van der Waals surface area contributed by atoms with Crippen LogP contribution in [-0.4, -0.2) is 10.2 Å². The zero-order chi connectivity index (χ0) is 5.11. The molecule has 0 fully saturated rings. The molecule has 7 heavy (non-hydrogen) atoms. The second-order valence-corrected chi connectivity index (χ2v) is 2.44. The fourth-order valence-corrected chi connectivity index (χ4v) is 1.14. The Morgan fingerprint density at radius 2 is 2.71 bits per heavy atom. The molecule has 1 heterocycles. The Balaban J connectivity index is 2.76. The maximum absolute atomic E-state index is 3.76. The lowest BCUT2D eigenvalue weighted by Crippen LogP contribution is -1.71. The van der Waals surface area contributed by atoms with E-state index in [2.05, 4.69) is 26.1 Å². The number of hydrogen-bond donors (Lipinski definition) is 0. The van der Waals surface area contributed by atoms with E-state index in [1.165, 1.54) is 0 Å². The van der Waals surface area contributed by atoms with Crippen LogP contribution < -0.4 is 0 Å². The van der Waals surface area contributed by atoms with Gasteiger partial charge in [0.25, 0.3) is 0 Å². The number of hydrogen-bond acceptors (Lipinski definition) is 3. The summed E-state index contributed by atoms with van der Waals surface area (Å²) >= 11 is 4.80. The summed E-state index contributed by atoms with van der Waals surface area (Å²) in [5.41, 5.74) is 1.72. The van der Waals surface area contributed by atoms with Crippen molar-refractivity contribution in [1.82, 2.24) is 10.2 Å². The average Bonchev–Trinajstić information content (AvgIpc) is 2.14. The van der Waals surface area contributed by atoms with Gasteiger partial charge in [0.05, 0.1) is 5.33 Å². The van der Waals surface area contributed by atoms with Crippen molar-refractivity contribution in [2.24, 2.45) is 0 Å². The van der Waals surface area contributed by atoms with Gasteiger partial charge in [-0.25, -0.2) is 0 Å². The van der Waals surface area contributed by atoms with Crippen LogP contribution in [0.15, 0.2) is 5.51 Å². The minimum atomic E-state index is 0.817. The van der Waals surface area contributed by atoms with E-state index in [4.69, 9.17) is 0 Å². The first-order valence-electron chi connectivity index (χ1n) is 1.74. The predicted molar refractivity (Wildman–Crippen MR) is 32.5 cm³/mol. The van der Waals surface area contributed by atoms with Gasteiger partial charge in [0, 0.05) is 0 Å².